The average Bonchev–Trinajstić information content (AvgIpc) is 3.27. The lowest BCUT2D eigenvalue weighted by molar-refractivity contribution is -0.115. The van der Waals surface area contributed by atoms with Crippen LogP contribution in [0.15, 0.2) is 40.0 Å². The first-order valence-corrected chi connectivity index (χ1v) is 11.2. The topological polar surface area (TPSA) is 68.0 Å². The zero-order valence-corrected chi connectivity index (χ0v) is 17.8. The Morgan fingerprint density at radius 2 is 2.21 bits per heavy atom. The lowest BCUT2D eigenvalue weighted by atomic mass is 9.90. The third-order valence-electron chi connectivity index (χ3n) is 4.88. The first-order valence-electron chi connectivity index (χ1n) is 9.47. The highest BCUT2D eigenvalue weighted by molar-refractivity contribution is 8.00. The van der Waals surface area contributed by atoms with Crippen molar-refractivity contribution in [3.8, 4) is 10.8 Å². The molecule has 1 amide bonds. The molecule has 0 fully saturated rings. The highest BCUT2D eigenvalue weighted by atomic mass is 32.2. The number of thioether (sulfide) groups is 1. The van der Waals surface area contributed by atoms with Crippen LogP contribution in [0.1, 0.15) is 36.3 Å². The predicted molar refractivity (Wildman–Crippen MR) is 114 cm³/mol. The molecule has 1 aliphatic carbocycles. The highest BCUT2D eigenvalue weighted by Crippen LogP contribution is 2.37. The third-order valence-corrected chi connectivity index (χ3v) is 7.04. The summed E-state index contributed by atoms with van der Waals surface area (Å²) in [4.78, 5) is 14.9. The molecule has 0 unspecified atom stereocenters. The van der Waals surface area contributed by atoms with E-state index in [1.165, 1.54) is 28.6 Å². The standard InChI is InChI=1S/C21H23N3O2S2/c1-12-5-4-6-16(10-12)22-19(25)14(3)27-21-24-23-20(26-21)18-11-15-9-13(2)7-8-17(15)28-18/h4-6,10-11,13-14H,7-9H2,1-3H3,(H,22,25)/t13-,14-/m0/s1. The van der Waals surface area contributed by atoms with E-state index >= 15 is 0 Å². The van der Waals surface area contributed by atoms with Gasteiger partial charge < -0.3 is 9.73 Å². The van der Waals surface area contributed by atoms with Gasteiger partial charge in [-0.2, -0.15) is 0 Å². The quantitative estimate of drug-likeness (QED) is 0.571. The summed E-state index contributed by atoms with van der Waals surface area (Å²) in [6.07, 6.45) is 3.50. The van der Waals surface area contributed by atoms with Gasteiger partial charge in [-0.3, -0.25) is 4.79 Å². The largest absolute Gasteiger partial charge is 0.410 e. The normalized spacial score (nSPS) is 17.2. The second kappa shape index (κ2) is 8.09. The summed E-state index contributed by atoms with van der Waals surface area (Å²) in [5, 5.41) is 11.3. The van der Waals surface area contributed by atoms with Crippen LogP contribution in [0.25, 0.3) is 10.8 Å². The monoisotopic (exact) mass is 413 g/mol. The molecule has 0 bridgehead atoms. The fourth-order valence-corrected chi connectivity index (χ4v) is 5.15. The summed E-state index contributed by atoms with van der Waals surface area (Å²) in [5.41, 5.74) is 3.31. The van der Waals surface area contributed by atoms with Crippen molar-refractivity contribution in [1.82, 2.24) is 10.2 Å². The van der Waals surface area contributed by atoms with Crippen molar-refractivity contribution in [2.45, 2.75) is 50.5 Å². The van der Waals surface area contributed by atoms with Crippen molar-refractivity contribution < 1.29 is 9.21 Å². The number of rotatable bonds is 5. The Labute approximate surface area is 173 Å². The molecule has 146 valence electrons. The Balaban J connectivity index is 1.41. The van der Waals surface area contributed by atoms with E-state index in [9.17, 15) is 4.79 Å². The van der Waals surface area contributed by atoms with Crippen LogP contribution in [0.4, 0.5) is 5.69 Å². The molecule has 0 saturated heterocycles. The molecule has 1 aliphatic rings. The van der Waals surface area contributed by atoms with Crippen LogP contribution in [0.3, 0.4) is 0 Å². The van der Waals surface area contributed by atoms with Crippen LogP contribution >= 0.6 is 23.1 Å². The summed E-state index contributed by atoms with van der Waals surface area (Å²) in [5.74, 6) is 1.19. The van der Waals surface area contributed by atoms with Crippen LogP contribution in [0.5, 0.6) is 0 Å². The molecule has 7 heteroatoms. The summed E-state index contributed by atoms with van der Waals surface area (Å²) in [6.45, 7) is 6.13. The molecule has 1 N–H and O–H groups in total. The van der Waals surface area contributed by atoms with E-state index < -0.39 is 0 Å². The van der Waals surface area contributed by atoms with Crippen molar-refractivity contribution in [2.24, 2.45) is 5.92 Å². The molecule has 4 rings (SSSR count). The number of anilines is 1. The van der Waals surface area contributed by atoms with Gasteiger partial charge in [0.1, 0.15) is 0 Å². The van der Waals surface area contributed by atoms with Crippen LogP contribution in [-0.2, 0) is 17.6 Å². The van der Waals surface area contributed by atoms with Crippen molar-refractivity contribution in [3.05, 3.63) is 46.3 Å². The van der Waals surface area contributed by atoms with Gasteiger partial charge in [0.2, 0.25) is 5.91 Å². The van der Waals surface area contributed by atoms with Gasteiger partial charge in [-0.1, -0.05) is 30.8 Å². The van der Waals surface area contributed by atoms with Crippen LogP contribution < -0.4 is 5.32 Å². The fourth-order valence-electron chi connectivity index (χ4n) is 3.34. The van der Waals surface area contributed by atoms with Gasteiger partial charge in [0.05, 0.1) is 10.1 Å². The van der Waals surface area contributed by atoms with E-state index in [1.54, 1.807) is 11.3 Å². The van der Waals surface area contributed by atoms with Crippen molar-refractivity contribution in [1.29, 1.82) is 0 Å². The van der Waals surface area contributed by atoms with Crippen LogP contribution in [0, 0.1) is 12.8 Å². The van der Waals surface area contributed by atoms with Gasteiger partial charge in [-0.15, -0.1) is 21.5 Å². The van der Waals surface area contributed by atoms with E-state index in [0.29, 0.717) is 11.1 Å². The lowest BCUT2D eigenvalue weighted by Gasteiger charge is -2.16. The zero-order chi connectivity index (χ0) is 19.7. The highest BCUT2D eigenvalue weighted by Gasteiger charge is 2.22. The molecule has 2 atom stereocenters. The molecule has 0 aliphatic heterocycles. The molecular formula is C21H23N3O2S2. The molecule has 0 spiro atoms. The first kappa shape index (κ1) is 19.2. The molecule has 2 aromatic heterocycles. The molecular weight excluding hydrogens is 390 g/mol. The Bertz CT molecular complexity index is 995. The number of amides is 1. The SMILES string of the molecule is Cc1cccc(NC(=O)[C@H](C)Sc2nnc(-c3cc4c(s3)CC[C@H](C)C4)o2)c1. The number of thiophene rings is 1. The van der Waals surface area contributed by atoms with Crippen LogP contribution in [-0.4, -0.2) is 21.4 Å². The summed E-state index contributed by atoms with van der Waals surface area (Å²) < 4.78 is 5.84. The minimum Gasteiger partial charge on any atom is -0.410 e. The molecule has 28 heavy (non-hydrogen) atoms. The van der Waals surface area contributed by atoms with Crippen molar-refractivity contribution in [2.75, 3.05) is 5.32 Å². The Kier molecular flexibility index (Phi) is 5.55. The average molecular weight is 414 g/mol. The van der Waals surface area contributed by atoms with E-state index in [-0.39, 0.29) is 11.2 Å². The number of aromatic nitrogens is 2. The molecule has 2 heterocycles. The van der Waals surface area contributed by atoms with E-state index in [4.69, 9.17) is 4.42 Å². The van der Waals surface area contributed by atoms with Gasteiger partial charge in [-0.25, -0.2) is 0 Å². The van der Waals surface area contributed by atoms with E-state index in [1.807, 2.05) is 38.1 Å². The second-order valence-corrected chi connectivity index (χ2v) is 9.83. The summed E-state index contributed by atoms with van der Waals surface area (Å²) >= 11 is 3.03. The zero-order valence-electron chi connectivity index (χ0n) is 16.2. The lowest BCUT2D eigenvalue weighted by Crippen LogP contribution is -2.22. The minimum atomic E-state index is -0.341. The van der Waals surface area contributed by atoms with Gasteiger partial charge in [0.25, 0.3) is 11.1 Å². The molecule has 3 aromatic rings. The summed E-state index contributed by atoms with van der Waals surface area (Å²) in [7, 11) is 0. The van der Waals surface area contributed by atoms with Gasteiger partial charge in [-0.05, 0) is 68.4 Å². The van der Waals surface area contributed by atoms with Gasteiger partial charge in [0.15, 0.2) is 0 Å². The predicted octanol–water partition coefficient (Wildman–Crippen LogP) is 5.35. The molecule has 0 radical (unpaired) electrons. The molecule has 0 saturated carbocycles. The van der Waals surface area contributed by atoms with Crippen LogP contribution in [0.2, 0.25) is 0 Å². The number of hydrogen-bond donors (Lipinski definition) is 1. The smallest absolute Gasteiger partial charge is 0.277 e. The van der Waals surface area contributed by atoms with Crippen molar-refractivity contribution in [3.63, 3.8) is 0 Å². The Hall–Kier alpha value is -2.12. The number of nitrogens with zero attached hydrogens (tertiary/aromatic N) is 2. The Morgan fingerprint density at radius 1 is 1.36 bits per heavy atom. The number of carbonyl (C=O) groups excluding carboxylic acids is 1. The number of benzene rings is 1. The maximum Gasteiger partial charge on any atom is 0.277 e. The second-order valence-electron chi connectivity index (χ2n) is 7.40. The number of carbonyl (C=O) groups is 1. The first-order chi connectivity index (χ1) is 13.5. The molecule has 5 nitrogen and oxygen atoms in total. The number of aryl methyl sites for hydroxylation is 2. The van der Waals surface area contributed by atoms with Crippen molar-refractivity contribution >= 4 is 34.7 Å². The van der Waals surface area contributed by atoms with Gasteiger partial charge in [0, 0.05) is 10.6 Å². The minimum absolute atomic E-state index is 0.0871. The number of nitrogens with one attached hydrogen (secondary N) is 1. The number of hydrogen-bond acceptors (Lipinski definition) is 6. The third kappa shape index (κ3) is 4.31. The maximum atomic E-state index is 12.4. The van der Waals surface area contributed by atoms with Gasteiger partial charge >= 0.3 is 0 Å². The maximum absolute atomic E-state index is 12.4. The number of fused-ring (bicyclic) bond motifs is 1. The fraction of sp³-hybridized carbons (Fsp3) is 0.381. The molecule has 1 aromatic carbocycles. The summed E-state index contributed by atoms with van der Waals surface area (Å²) in [6, 6.07) is 9.93. The Morgan fingerprint density at radius 3 is 3.04 bits per heavy atom. The van der Waals surface area contributed by atoms with E-state index in [2.05, 4.69) is 28.5 Å². The van der Waals surface area contributed by atoms with E-state index in [0.717, 1.165) is 34.9 Å².